The van der Waals surface area contributed by atoms with E-state index < -0.39 is 0 Å². The number of nitrogens with zero attached hydrogens (tertiary/aromatic N) is 4. The second-order valence-electron chi connectivity index (χ2n) is 5.78. The van der Waals surface area contributed by atoms with Gasteiger partial charge in [-0.1, -0.05) is 35.0 Å². The summed E-state index contributed by atoms with van der Waals surface area (Å²) in [5.41, 5.74) is 4.89. The molecule has 4 rings (SSSR count). The Labute approximate surface area is 156 Å². The Morgan fingerprint density at radius 3 is 2.50 bits per heavy atom. The molecular weight excluding hydrogens is 346 g/mol. The van der Waals surface area contributed by atoms with Crippen molar-refractivity contribution in [1.82, 2.24) is 20.0 Å². The first-order valence-corrected chi connectivity index (χ1v) is 8.58. The molecule has 0 radical (unpaired) electrons. The summed E-state index contributed by atoms with van der Waals surface area (Å²) in [4.78, 5) is 4.05. The van der Waals surface area contributed by atoms with Gasteiger partial charge >= 0.3 is 0 Å². The second-order valence-corrected chi connectivity index (χ2v) is 6.22. The lowest BCUT2D eigenvalue weighted by Gasteiger charge is -2.10. The van der Waals surface area contributed by atoms with E-state index in [2.05, 4.69) is 20.6 Å². The zero-order valence-electron chi connectivity index (χ0n) is 13.9. The highest BCUT2D eigenvalue weighted by molar-refractivity contribution is 6.30. The van der Waals surface area contributed by atoms with E-state index in [0.717, 1.165) is 22.6 Å². The van der Waals surface area contributed by atoms with Crippen LogP contribution in [0.15, 0.2) is 79.3 Å². The van der Waals surface area contributed by atoms with Crippen LogP contribution in [0.4, 0.5) is 5.69 Å². The van der Waals surface area contributed by atoms with Crippen molar-refractivity contribution in [3.63, 3.8) is 0 Å². The van der Waals surface area contributed by atoms with Crippen LogP contribution in [0, 0.1) is 0 Å². The molecule has 6 heteroatoms. The normalized spacial score (nSPS) is 10.7. The van der Waals surface area contributed by atoms with Crippen molar-refractivity contribution in [2.45, 2.75) is 6.54 Å². The van der Waals surface area contributed by atoms with Gasteiger partial charge in [0.25, 0.3) is 0 Å². The molecule has 2 aromatic carbocycles. The first kappa shape index (κ1) is 16.3. The van der Waals surface area contributed by atoms with Crippen LogP contribution in [0.2, 0.25) is 5.02 Å². The Balaban J connectivity index is 1.59. The van der Waals surface area contributed by atoms with Gasteiger partial charge in [0.2, 0.25) is 0 Å². The standard InChI is InChI=1S/C20H16ClN5/c21-16-5-7-17(8-6-16)26-14-20(24-25-26)18-3-1-2-4-19(18)23-13-15-9-11-22-12-10-15/h1-12,14,23H,13H2. The number of pyridine rings is 1. The monoisotopic (exact) mass is 361 g/mol. The molecular formula is C20H16ClN5. The smallest absolute Gasteiger partial charge is 0.115 e. The maximum Gasteiger partial charge on any atom is 0.115 e. The van der Waals surface area contributed by atoms with Gasteiger partial charge in [-0.15, -0.1) is 5.10 Å². The lowest BCUT2D eigenvalue weighted by Crippen LogP contribution is -2.01. The maximum absolute atomic E-state index is 5.95. The van der Waals surface area contributed by atoms with Gasteiger partial charge in [-0.3, -0.25) is 4.98 Å². The van der Waals surface area contributed by atoms with E-state index in [1.54, 1.807) is 17.1 Å². The summed E-state index contributed by atoms with van der Waals surface area (Å²) < 4.78 is 1.74. The summed E-state index contributed by atoms with van der Waals surface area (Å²) in [6, 6.07) is 19.5. The third kappa shape index (κ3) is 3.58. The van der Waals surface area contributed by atoms with E-state index in [-0.39, 0.29) is 0 Å². The number of hydrogen-bond acceptors (Lipinski definition) is 4. The van der Waals surface area contributed by atoms with Crippen molar-refractivity contribution < 1.29 is 0 Å². The minimum Gasteiger partial charge on any atom is -0.380 e. The van der Waals surface area contributed by atoms with Crippen molar-refractivity contribution in [2.75, 3.05) is 5.32 Å². The van der Waals surface area contributed by atoms with Crippen LogP contribution >= 0.6 is 11.6 Å². The first-order valence-electron chi connectivity index (χ1n) is 8.20. The predicted molar refractivity (Wildman–Crippen MR) is 103 cm³/mol. The molecule has 0 atom stereocenters. The maximum atomic E-state index is 5.95. The number of halogens is 1. The van der Waals surface area contributed by atoms with Crippen LogP contribution in [-0.2, 0) is 6.54 Å². The molecule has 0 saturated heterocycles. The van der Waals surface area contributed by atoms with Gasteiger partial charge in [0, 0.05) is 35.2 Å². The van der Waals surface area contributed by atoms with Gasteiger partial charge in [0.15, 0.2) is 0 Å². The summed E-state index contributed by atoms with van der Waals surface area (Å²) in [5, 5.41) is 12.7. The third-order valence-corrected chi connectivity index (χ3v) is 4.27. The zero-order valence-corrected chi connectivity index (χ0v) is 14.6. The molecule has 2 heterocycles. The van der Waals surface area contributed by atoms with E-state index in [1.807, 2.05) is 66.9 Å². The topological polar surface area (TPSA) is 55.6 Å². The fourth-order valence-corrected chi connectivity index (χ4v) is 2.79. The molecule has 0 saturated carbocycles. The largest absolute Gasteiger partial charge is 0.380 e. The number of aromatic nitrogens is 4. The molecule has 26 heavy (non-hydrogen) atoms. The lowest BCUT2D eigenvalue weighted by atomic mass is 10.1. The molecule has 5 nitrogen and oxygen atoms in total. The van der Waals surface area contributed by atoms with Crippen molar-refractivity contribution >= 4 is 17.3 Å². The zero-order chi connectivity index (χ0) is 17.8. The van der Waals surface area contributed by atoms with Gasteiger partial charge in [0.1, 0.15) is 5.69 Å². The fraction of sp³-hybridized carbons (Fsp3) is 0.0500. The lowest BCUT2D eigenvalue weighted by molar-refractivity contribution is 0.804. The molecule has 0 amide bonds. The highest BCUT2D eigenvalue weighted by Crippen LogP contribution is 2.27. The molecule has 0 aliphatic carbocycles. The fourth-order valence-electron chi connectivity index (χ4n) is 2.67. The van der Waals surface area contributed by atoms with E-state index in [9.17, 15) is 0 Å². The van der Waals surface area contributed by atoms with Crippen LogP contribution in [-0.4, -0.2) is 20.0 Å². The van der Waals surface area contributed by atoms with Crippen molar-refractivity contribution in [3.05, 3.63) is 89.8 Å². The summed E-state index contributed by atoms with van der Waals surface area (Å²) in [5.74, 6) is 0. The highest BCUT2D eigenvalue weighted by Gasteiger charge is 2.10. The van der Waals surface area contributed by atoms with Gasteiger partial charge in [-0.05, 0) is 48.0 Å². The first-order chi connectivity index (χ1) is 12.8. The number of benzene rings is 2. The Morgan fingerprint density at radius 2 is 1.69 bits per heavy atom. The Bertz CT molecular complexity index is 996. The summed E-state index contributed by atoms with van der Waals surface area (Å²) in [6.45, 7) is 0.713. The molecule has 2 aromatic heterocycles. The van der Waals surface area contributed by atoms with E-state index in [0.29, 0.717) is 11.6 Å². The van der Waals surface area contributed by atoms with Gasteiger partial charge < -0.3 is 5.32 Å². The van der Waals surface area contributed by atoms with Gasteiger partial charge in [0.05, 0.1) is 11.9 Å². The summed E-state index contributed by atoms with van der Waals surface area (Å²) >= 11 is 5.95. The molecule has 0 fully saturated rings. The van der Waals surface area contributed by atoms with Crippen LogP contribution in [0.3, 0.4) is 0 Å². The predicted octanol–water partition coefficient (Wildman–Crippen LogP) is 4.59. The SMILES string of the molecule is Clc1ccc(-n2cc(-c3ccccc3NCc3ccncc3)nn2)cc1. The van der Waals surface area contributed by atoms with Crippen LogP contribution in [0.5, 0.6) is 0 Å². The average molecular weight is 362 g/mol. The number of para-hydroxylation sites is 1. The van der Waals surface area contributed by atoms with Gasteiger partial charge in [-0.25, -0.2) is 4.68 Å². The van der Waals surface area contributed by atoms with Crippen LogP contribution in [0.25, 0.3) is 16.9 Å². The van der Waals surface area contributed by atoms with Crippen LogP contribution in [0.1, 0.15) is 5.56 Å². The molecule has 0 spiro atoms. The number of rotatable bonds is 5. The van der Waals surface area contributed by atoms with Crippen molar-refractivity contribution in [2.24, 2.45) is 0 Å². The quantitative estimate of drug-likeness (QED) is 0.564. The van der Waals surface area contributed by atoms with Crippen molar-refractivity contribution in [3.8, 4) is 16.9 Å². The Morgan fingerprint density at radius 1 is 0.923 bits per heavy atom. The minimum absolute atomic E-state index is 0.694. The number of hydrogen-bond donors (Lipinski definition) is 1. The molecule has 0 aliphatic rings. The van der Waals surface area contributed by atoms with E-state index in [4.69, 9.17) is 11.6 Å². The molecule has 1 N–H and O–H groups in total. The second kappa shape index (κ2) is 7.37. The van der Waals surface area contributed by atoms with Gasteiger partial charge in [-0.2, -0.15) is 0 Å². The molecule has 0 aliphatic heterocycles. The summed E-state index contributed by atoms with van der Waals surface area (Å²) in [6.07, 6.45) is 5.50. The van der Waals surface area contributed by atoms with Crippen LogP contribution < -0.4 is 5.32 Å². The molecule has 4 aromatic rings. The number of anilines is 1. The number of nitrogens with one attached hydrogen (secondary N) is 1. The summed E-state index contributed by atoms with van der Waals surface area (Å²) in [7, 11) is 0. The average Bonchev–Trinajstić information content (AvgIpc) is 3.18. The van der Waals surface area contributed by atoms with E-state index >= 15 is 0 Å². The Hall–Kier alpha value is -3.18. The molecule has 128 valence electrons. The van der Waals surface area contributed by atoms with Crippen molar-refractivity contribution in [1.29, 1.82) is 0 Å². The van der Waals surface area contributed by atoms with E-state index in [1.165, 1.54) is 5.56 Å². The molecule has 0 unspecified atom stereocenters. The minimum atomic E-state index is 0.694. The highest BCUT2D eigenvalue weighted by atomic mass is 35.5. The third-order valence-electron chi connectivity index (χ3n) is 4.02. The Kier molecular flexibility index (Phi) is 4.62. The molecule has 0 bridgehead atoms.